The molecule has 1 aromatic rings. The van der Waals surface area contributed by atoms with E-state index in [9.17, 15) is 9.90 Å². The summed E-state index contributed by atoms with van der Waals surface area (Å²) in [5.74, 6) is 1.20. The second-order valence-electron chi connectivity index (χ2n) is 12.3. The highest BCUT2D eigenvalue weighted by Crippen LogP contribution is 2.30. The van der Waals surface area contributed by atoms with Gasteiger partial charge in [0.05, 0.1) is 6.10 Å². The molecule has 3 rings (SSSR count). The van der Waals surface area contributed by atoms with Gasteiger partial charge in [0.2, 0.25) is 0 Å². The zero-order valence-corrected chi connectivity index (χ0v) is 29.6. The highest BCUT2D eigenvalue weighted by Gasteiger charge is 2.31. The maximum atomic E-state index is 12.1. The predicted molar refractivity (Wildman–Crippen MR) is 190 cm³/mol. The summed E-state index contributed by atoms with van der Waals surface area (Å²) in [5, 5.41) is 9.23. The molecule has 0 radical (unpaired) electrons. The van der Waals surface area contributed by atoms with Gasteiger partial charge in [-0.3, -0.25) is 0 Å². The van der Waals surface area contributed by atoms with Crippen LogP contribution in [0.1, 0.15) is 98.5 Å². The van der Waals surface area contributed by atoms with Gasteiger partial charge in [-0.15, -0.1) is 6.58 Å². The summed E-state index contributed by atoms with van der Waals surface area (Å²) >= 11 is 3.53. The van der Waals surface area contributed by atoms with Crippen molar-refractivity contribution in [3.63, 3.8) is 0 Å². The van der Waals surface area contributed by atoms with E-state index in [1.165, 1.54) is 5.57 Å². The van der Waals surface area contributed by atoms with E-state index in [0.717, 1.165) is 68.4 Å². The van der Waals surface area contributed by atoms with Crippen LogP contribution in [0.15, 0.2) is 84.7 Å². The average molecular weight is 643 g/mol. The first kappa shape index (κ1) is 40.3. The van der Waals surface area contributed by atoms with Crippen LogP contribution >= 0.6 is 12.6 Å². The van der Waals surface area contributed by atoms with Crippen LogP contribution in [0.3, 0.4) is 0 Å². The van der Waals surface area contributed by atoms with Crippen molar-refractivity contribution >= 4 is 18.6 Å². The molecule has 1 N–H and O–H groups in total. The summed E-state index contributed by atoms with van der Waals surface area (Å²) in [6.07, 6.45) is 19.0. The molecule has 0 aliphatic heterocycles. The highest BCUT2D eigenvalue weighted by molar-refractivity contribution is 7.79. The lowest BCUT2D eigenvalue weighted by atomic mass is 9.84. The van der Waals surface area contributed by atoms with Gasteiger partial charge >= 0.3 is 5.97 Å². The Hall–Kier alpha value is -2.74. The lowest BCUT2D eigenvalue weighted by Gasteiger charge is -2.31. The lowest BCUT2D eigenvalue weighted by molar-refractivity contribution is -0.151. The smallest absolute Gasteiger partial charge is 0.333 e. The minimum Gasteiger partial charge on any atom is -0.488 e. The lowest BCUT2D eigenvalue weighted by Crippen LogP contribution is -2.38. The highest BCUT2D eigenvalue weighted by atomic mass is 32.1. The third kappa shape index (κ3) is 15.4. The number of hydrogen-bond donors (Lipinski definition) is 2. The Bertz CT molecular complexity index is 1110. The van der Waals surface area contributed by atoms with E-state index in [-0.39, 0.29) is 42.6 Å². The van der Waals surface area contributed by atoms with E-state index >= 15 is 0 Å². The van der Waals surface area contributed by atoms with Crippen LogP contribution in [0.5, 0.6) is 5.75 Å². The van der Waals surface area contributed by atoms with Crippen molar-refractivity contribution in [2.75, 3.05) is 13.0 Å². The molecule has 0 bridgehead atoms. The van der Waals surface area contributed by atoms with Crippen molar-refractivity contribution in [1.82, 2.24) is 0 Å². The van der Waals surface area contributed by atoms with E-state index < -0.39 is 0 Å². The van der Waals surface area contributed by atoms with Gasteiger partial charge in [-0.05, 0) is 109 Å². The Morgan fingerprint density at radius 2 is 1.42 bits per heavy atom. The molecule has 2 aliphatic rings. The quantitative estimate of drug-likeness (QED) is 0.0450. The molecule has 0 spiro atoms. The first-order valence-electron chi connectivity index (χ1n) is 16.1. The molecule has 0 aromatic heterocycles. The molecule has 4 unspecified atom stereocenters. The number of carbonyl (C=O) groups excluding carboxylic acids is 1. The van der Waals surface area contributed by atoms with Crippen LogP contribution in [0, 0.1) is 0 Å². The number of thiol groups is 1. The number of aliphatic hydroxyl groups is 1. The summed E-state index contributed by atoms with van der Waals surface area (Å²) in [5.41, 5.74) is 2.52. The van der Waals surface area contributed by atoms with Gasteiger partial charge in [0.15, 0.2) is 0 Å². The molecule has 2 saturated carbocycles. The largest absolute Gasteiger partial charge is 0.488 e. The number of aliphatic hydroxyl groups excluding tert-OH is 1. The maximum absolute atomic E-state index is 12.1. The van der Waals surface area contributed by atoms with Crippen molar-refractivity contribution in [1.29, 1.82) is 0 Å². The minimum atomic E-state index is -0.353. The Morgan fingerprint density at radius 3 is 1.93 bits per heavy atom. The SMILES string of the molecule is C=C(C)C.C=C(C)C(=O)OC1CCCCC1Oc1ccc(C(C)(C)C=C/C=C(\C=C/C)OC2CCCCC2OCO)cc1.CS. The number of hydrogen-bond acceptors (Lipinski definition) is 7. The Labute approximate surface area is 278 Å². The number of benzene rings is 1. The average Bonchev–Trinajstić information content (AvgIpc) is 3.00. The summed E-state index contributed by atoms with van der Waals surface area (Å²) in [6.45, 7) is 18.9. The molecular weight excluding hydrogens is 584 g/mol. The summed E-state index contributed by atoms with van der Waals surface area (Å²) in [6, 6.07) is 8.16. The van der Waals surface area contributed by atoms with Gasteiger partial charge in [0.1, 0.15) is 36.6 Å². The van der Waals surface area contributed by atoms with E-state index in [4.69, 9.17) is 18.9 Å². The minimum absolute atomic E-state index is 0.0598. The van der Waals surface area contributed by atoms with Crippen molar-refractivity contribution in [2.24, 2.45) is 0 Å². The number of carbonyl (C=O) groups is 1. The normalized spacial score (nSPS) is 22.0. The van der Waals surface area contributed by atoms with Crippen LogP contribution in [-0.4, -0.2) is 48.5 Å². The van der Waals surface area contributed by atoms with E-state index in [1.807, 2.05) is 57.2 Å². The van der Waals surface area contributed by atoms with E-state index in [0.29, 0.717) is 5.57 Å². The third-order valence-electron chi connectivity index (χ3n) is 7.46. The molecule has 4 atom stereocenters. The molecule has 1 aromatic carbocycles. The molecule has 2 aliphatic carbocycles. The monoisotopic (exact) mass is 642 g/mol. The zero-order valence-electron chi connectivity index (χ0n) is 28.7. The zero-order chi connectivity index (χ0) is 33.8. The number of allylic oxidation sites excluding steroid dienone is 6. The fourth-order valence-corrected chi connectivity index (χ4v) is 5.15. The number of ether oxygens (including phenoxy) is 4. The Morgan fingerprint density at radius 1 is 0.911 bits per heavy atom. The van der Waals surface area contributed by atoms with Crippen molar-refractivity contribution < 1.29 is 28.8 Å². The number of rotatable bonds is 12. The van der Waals surface area contributed by atoms with Crippen LogP contribution in [-0.2, 0) is 24.4 Å². The predicted octanol–water partition coefficient (Wildman–Crippen LogP) is 9.21. The van der Waals surface area contributed by atoms with Crippen molar-refractivity contribution in [2.45, 2.75) is 123 Å². The summed E-state index contributed by atoms with van der Waals surface area (Å²) in [7, 11) is 0. The molecule has 252 valence electrons. The fourth-order valence-electron chi connectivity index (χ4n) is 5.15. The second kappa shape index (κ2) is 21.9. The first-order valence-corrected chi connectivity index (χ1v) is 17.0. The third-order valence-corrected chi connectivity index (χ3v) is 7.46. The molecule has 0 saturated heterocycles. The van der Waals surface area contributed by atoms with Gasteiger partial charge in [0.25, 0.3) is 0 Å². The van der Waals surface area contributed by atoms with Gasteiger partial charge in [-0.25, -0.2) is 4.79 Å². The summed E-state index contributed by atoms with van der Waals surface area (Å²) < 4.78 is 23.7. The topological polar surface area (TPSA) is 74.2 Å². The standard InChI is InChI=1S/C33H46O6.C4H8.CH4S/c1-6-12-26(37-29-15-8-7-14-28(29)36-23-34)13-11-22-33(4,5)25-18-20-27(21-19-25)38-30-16-9-10-17-31(30)39-32(35)24(2)3;1-4(2)3;1-2/h6,11-13,18-22,28-31,34H,2,7-10,14-17,23H2,1,3-5H3;1H2,2-3H3;2H,1H3/b12-6-,22-11?,26-13+;;. The van der Waals surface area contributed by atoms with E-state index in [1.54, 1.807) is 13.2 Å². The fraction of sp³-hybridized carbons (Fsp3) is 0.553. The van der Waals surface area contributed by atoms with Gasteiger partial charge in [0, 0.05) is 11.0 Å². The molecule has 7 heteroatoms. The number of esters is 1. The van der Waals surface area contributed by atoms with Crippen LogP contribution in [0.4, 0.5) is 0 Å². The molecule has 0 heterocycles. The Kier molecular flexibility index (Phi) is 19.6. The van der Waals surface area contributed by atoms with Gasteiger partial charge in [-0.1, -0.05) is 62.8 Å². The first-order chi connectivity index (χ1) is 21.5. The summed E-state index contributed by atoms with van der Waals surface area (Å²) in [4.78, 5) is 12.1. The van der Waals surface area contributed by atoms with Gasteiger partial charge in [-0.2, -0.15) is 12.6 Å². The maximum Gasteiger partial charge on any atom is 0.333 e. The second-order valence-corrected chi connectivity index (χ2v) is 12.3. The van der Waals surface area contributed by atoms with Gasteiger partial charge < -0.3 is 24.1 Å². The van der Waals surface area contributed by atoms with Crippen molar-refractivity contribution in [3.05, 3.63) is 90.3 Å². The van der Waals surface area contributed by atoms with Crippen LogP contribution in [0.2, 0.25) is 0 Å². The van der Waals surface area contributed by atoms with Crippen molar-refractivity contribution in [3.8, 4) is 5.75 Å². The van der Waals surface area contributed by atoms with E-state index in [2.05, 4.69) is 57.8 Å². The molecule has 0 amide bonds. The molecule has 2 fully saturated rings. The van der Waals surface area contributed by atoms with Crippen LogP contribution in [0.25, 0.3) is 0 Å². The van der Waals surface area contributed by atoms with Crippen LogP contribution < -0.4 is 4.74 Å². The molecular formula is C38H58O6S. The molecule has 6 nitrogen and oxygen atoms in total. The Balaban J connectivity index is 0.00000156. The molecule has 45 heavy (non-hydrogen) atoms.